The Morgan fingerprint density at radius 2 is 2.06 bits per heavy atom. The van der Waals surface area contributed by atoms with Crippen LogP contribution in [0.25, 0.3) is 0 Å². The Bertz CT molecular complexity index is 332. The molecule has 1 fully saturated rings. The summed E-state index contributed by atoms with van der Waals surface area (Å²) in [4.78, 5) is 12.2. The van der Waals surface area contributed by atoms with E-state index in [1.807, 2.05) is 6.92 Å². The minimum Gasteiger partial charge on any atom is -0.352 e. The molecule has 0 aliphatic heterocycles. The SMILES string of the molecule is CCC(C)(C#N)C(=O)NC1CCCCC1C(C)C. The third-order valence-corrected chi connectivity index (χ3v) is 4.45. The molecular formula is C15H26N2O. The zero-order chi connectivity index (χ0) is 13.8. The third kappa shape index (κ3) is 3.25. The minimum absolute atomic E-state index is 0.0925. The molecule has 3 nitrogen and oxygen atoms in total. The molecule has 0 saturated heterocycles. The van der Waals surface area contributed by atoms with Crippen LogP contribution in [0.15, 0.2) is 0 Å². The van der Waals surface area contributed by atoms with Crippen molar-refractivity contribution in [3.05, 3.63) is 0 Å². The van der Waals surface area contributed by atoms with E-state index >= 15 is 0 Å². The number of hydrogen-bond donors (Lipinski definition) is 1. The average molecular weight is 250 g/mol. The van der Waals surface area contributed by atoms with Crippen molar-refractivity contribution in [3.63, 3.8) is 0 Å². The van der Waals surface area contributed by atoms with Crippen molar-refractivity contribution in [1.82, 2.24) is 5.32 Å². The molecule has 3 heteroatoms. The van der Waals surface area contributed by atoms with Gasteiger partial charge >= 0.3 is 0 Å². The van der Waals surface area contributed by atoms with E-state index in [0.29, 0.717) is 18.3 Å². The molecule has 0 aromatic carbocycles. The fraction of sp³-hybridized carbons (Fsp3) is 0.867. The van der Waals surface area contributed by atoms with Crippen LogP contribution >= 0.6 is 0 Å². The van der Waals surface area contributed by atoms with Gasteiger partial charge in [-0.15, -0.1) is 0 Å². The molecule has 18 heavy (non-hydrogen) atoms. The Balaban J connectivity index is 2.70. The van der Waals surface area contributed by atoms with Crippen molar-refractivity contribution < 1.29 is 4.79 Å². The molecule has 0 aromatic heterocycles. The second-order valence-electron chi connectivity index (χ2n) is 6.07. The number of hydrogen-bond acceptors (Lipinski definition) is 2. The number of nitrogens with one attached hydrogen (secondary N) is 1. The lowest BCUT2D eigenvalue weighted by molar-refractivity contribution is -0.129. The van der Waals surface area contributed by atoms with Gasteiger partial charge in [-0.05, 0) is 38.0 Å². The van der Waals surface area contributed by atoms with E-state index in [2.05, 4.69) is 25.2 Å². The molecule has 1 rings (SSSR count). The van der Waals surface area contributed by atoms with E-state index in [4.69, 9.17) is 5.26 Å². The maximum atomic E-state index is 12.2. The highest BCUT2D eigenvalue weighted by atomic mass is 16.2. The Labute approximate surface area is 111 Å². The Kier molecular flexibility index (Phi) is 5.19. The molecular weight excluding hydrogens is 224 g/mol. The van der Waals surface area contributed by atoms with E-state index in [-0.39, 0.29) is 11.9 Å². The molecule has 0 aromatic rings. The van der Waals surface area contributed by atoms with Crippen molar-refractivity contribution in [2.45, 2.75) is 65.8 Å². The fourth-order valence-corrected chi connectivity index (χ4v) is 2.75. The van der Waals surface area contributed by atoms with Crippen molar-refractivity contribution in [2.75, 3.05) is 0 Å². The summed E-state index contributed by atoms with van der Waals surface area (Å²) in [6, 6.07) is 2.40. The second-order valence-corrected chi connectivity index (χ2v) is 6.07. The van der Waals surface area contributed by atoms with Crippen LogP contribution in [-0.2, 0) is 4.79 Å². The number of carbonyl (C=O) groups is 1. The summed E-state index contributed by atoms with van der Waals surface area (Å²) in [5, 5.41) is 12.3. The lowest BCUT2D eigenvalue weighted by Crippen LogP contribution is -2.48. The number of nitriles is 1. The molecule has 102 valence electrons. The lowest BCUT2D eigenvalue weighted by atomic mass is 9.77. The van der Waals surface area contributed by atoms with E-state index < -0.39 is 5.41 Å². The quantitative estimate of drug-likeness (QED) is 0.832. The standard InChI is InChI=1S/C15H26N2O/c1-5-15(4,10-16)14(18)17-13-9-7-6-8-12(13)11(2)3/h11-13H,5-9H2,1-4H3,(H,17,18). The van der Waals surface area contributed by atoms with Crippen molar-refractivity contribution in [3.8, 4) is 6.07 Å². The van der Waals surface area contributed by atoms with E-state index in [1.54, 1.807) is 6.92 Å². The smallest absolute Gasteiger partial charge is 0.240 e. The molecule has 0 heterocycles. The molecule has 1 N–H and O–H groups in total. The Morgan fingerprint density at radius 1 is 1.44 bits per heavy atom. The van der Waals surface area contributed by atoms with Gasteiger partial charge in [0.2, 0.25) is 5.91 Å². The van der Waals surface area contributed by atoms with Gasteiger partial charge in [-0.3, -0.25) is 4.79 Å². The molecule has 1 amide bonds. The first kappa shape index (κ1) is 15.0. The zero-order valence-electron chi connectivity index (χ0n) is 12.1. The summed E-state index contributed by atoms with van der Waals surface area (Å²) in [5.74, 6) is 1.05. The number of carbonyl (C=O) groups excluding carboxylic acids is 1. The molecule has 3 atom stereocenters. The van der Waals surface area contributed by atoms with Gasteiger partial charge in [0.15, 0.2) is 0 Å². The maximum absolute atomic E-state index is 12.2. The highest BCUT2D eigenvalue weighted by Gasteiger charge is 2.35. The monoisotopic (exact) mass is 250 g/mol. The summed E-state index contributed by atoms with van der Waals surface area (Å²) >= 11 is 0. The van der Waals surface area contributed by atoms with Crippen LogP contribution in [-0.4, -0.2) is 11.9 Å². The van der Waals surface area contributed by atoms with E-state index in [1.165, 1.54) is 19.3 Å². The summed E-state index contributed by atoms with van der Waals surface area (Å²) in [5.41, 5.74) is -0.876. The molecule has 1 aliphatic carbocycles. The minimum atomic E-state index is -0.876. The van der Waals surface area contributed by atoms with Gasteiger partial charge in [0.25, 0.3) is 0 Å². The van der Waals surface area contributed by atoms with Crippen molar-refractivity contribution in [1.29, 1.82) is 5.26 Å². The summed E-state index contributed by atoms with van der Waals surface area (Å²) < 4.78 is 0. The fourth-order valence-electron chi connectivity index (χ4n) is 2.75. The van der Waals surface area contributed by atoms with Crippen LogP contribution in [0, 0.1) is 28.6 Å². The lowest BCUT2D eigenvalue weighted by Gasteiger charge is -2.36. The maximum Gasteiger partial charge on any atom is 0.240 e. The second kappa shape index (κ2) is 6.22. The largest absolute Gasteiger partial charge is 0.352 e. The van der Waals surface area contributed by atoms with Crippen LogP contribution in [0.3, 0.4) is 0 Å². The molecule has 0 spiro atoms. The summed E-state index contributed by atoms with van der Waals surface area (Å²) in [6.45, 7) is 8.07. The number of rotatable bonds is 4. The van der Waals surface area contributed by atoms with Gasteiger partial charge in [0, 0.05) is 6.04 Å². The average Bonchev–Trinajstić information content (AvgIpc) is 2.38. The number of nitrogens with zero attached hydrogens (tertiary/aromatic N) is 1. The van der Waals surface area contributed by atoms with Crippen molar-refractivity contribution in [2.24, 2.45) is 17.3 Å². The highest BCUT2D eigenvalue weighted by Crippen LogP contribution is 2.31. The topological polar surface area (TPSA) is 52.9 Å². The highest BCUT2D eigenvalue weighted by molar-refractivity contribution is 5.85. The zero-order valence-corrected chi connectivity index (χ0v) is 12.1. The predicted octanol–water partition coefficient (Wildman–Crippen LogP) is 3.26. The van der Waals surface area contributed by atoms with Gasteiger partial charge in [0.05, 0.1) is 6.07 Å². The van der Waals surface area contributed by atoms with Gasteiger partial charge in [-0.25, -0.2) is 0 Å². The summed E-state index contributed by atoms with van der Waals surface area (Å²) in [7, 11) is 0. The van der Waals surface area contributed by atoms with Gasteiger partial charge in [-0.1, -0.05) is 33.6 Å². The van der Waals surface area contributed by atoms with Crippen LogP contribution in [0.2, 0.25) is 0 Å². The van der Waals surface area contributed by atoms with Gasteiger partial charge < -0.3 is 5.32 Å². The predicted molar refractivity (Wildman–Crippen MR) is 72.7 cm³/mol. The van der Waals surface area contributed by atoms with E-state index in [0.717, 1.165) is 6.42 Å². The first-order valence-electron chi connectivity index (χ1n) is 7.16. The van der Waals surface area contributed by atoms with Crippen LogP contribution < -0.4 is 5.32 Å². The van der Waals surface area contributed by atoms with Crippen LogP contribution in [0.5, 0.6) is 0 Å². The molecule has 0 radical (unpaired) electrons. The Morgan fingerprint density at radius 3 is 2.56 bits per heavy atom. The molecule has 1 saturated carbocycles. The number of amides is 1. The third-order valence-electron chi connectivity index (χ3n) is 4.45. The van der Waals surface area contributed by atoms with Gasteiger partial charge in [0.1, 0.15) is 5.41 Å². The molecule has 1 aliphatic rings. The summed E-state index contributed by atoms with van der Waals surface area (Å²) in [6.07, 6.45) is 5.26. The van der Waals surface area contributed by atoms with Gasteiger partial charge in [-0.2, -0.15) is 5.26 Å². The van der Waals surface area contributed by atoms with E-state index in [9.17, 15) is 4.79 Å². The molecule has 3 unspecified atom stereocenters. The first-order valence-corrected chi connectivity index (χ1v) is 7.16. The molecule has 0 bridgehead atoms. The van der Waals surface area contributed by atoms with Crippen LogP contribution in [0.4, 0.5) is 0 Å². The Hall–Kier alpha value is -1.04. The normalized spacial score (nSPS) is 27.3. The van der Waals surface area contributed by atoms with Crippen LogP contribution in [0.1, 0.15) is 59.8 Å². The first-order chi connectivity index (χ1) is 8.44. The van der Waals surface area contributed by atoms with Crippen molar-refractivity contribution >= 4 is 5.91 Å².